The van der Waals surface area contributed by atoms with Crippen molar-refractivity contribution in [1.82, 2.24) is 4.98 Å². The third-order valence-electron chi connectivity index (χ3n) is 9.44. The lowest BCUT2D eigenvalue weighted by Gasteiger charge is -2.27. The van der Waals surface area contributed by atoms with Gasteiger partial charge in [0, 0.05) is 28.4 Å². The second-order valence-electron chi connectivity index (χ2n) is 12.4. The van der Waals surface area contributed by atoms with E-state index in [0.717, 1.165) is 61.2 Å². The lowest BCUT2D eigenvalue weighted by molar-refractivity contribution is 0.620. The Morgan fingerprint density at radius 2 is 1.12 bits per heavy atom. The van der Waals surface area contributed by atoms with Crippen LogP contribution in [0.4, 0.5) is 17.1 Å². The molecule has 230 valence electrons. The van der Waals surface area contributed by atoms with Crippen molar-refractivity contribution in [2.75, 3.05) is 4.90 Å². The van der Waals surface area contributed by atoms with Crippen LogP contribution in [0, 0.1) is 0 Å². The number of anilines is 3. The molecule has 0 unspecified atom stereocenters. The minimum absolute atomic E-state index is 0.593. The van der Waals surface area contributed by atoms with Crippen molar-refractivity contribution < 1.29 is 8.83 Å². The molecule has 8 aromatic carbocycles. The molecular formula is C45H28N2O2. The number of benzene rings is 8. The molecule has 0 radical (unpaired) electrons. The van der Waals surface area contributed by atoms with Crippen LogP contribution in [0.1, 0.15) is 0 Å². The number of rotatable bonds is 5. The van der Waals surface area contributed by atoms with Crippen molar-refractivity contribution in [2.45, 2.75) is 0 Å². The van der Waals surface area contributed by atoms with Crippen LogP contribution in [-0.2, 0) is 0 Å². The summed E-state index contributed by atoms with van der Waals surface area (Å²) in [7, 11) is 0. The van der Waals surface area contributed by atoms with Gasteiger partial charge in [0.25, 0.3) is 0 Å². The summed E-state index contributed by atoms with van der Waals surface area (Å²) in [6.45, 7) is 0. The molecule has 0 aliphatic carbocycles. The van der Waals surface area contributed by atoms with E-state index in [4.69, 9.17) is 13.8 Å². The van der Waals surface area contributed by atoms with Gasteiger partial charge >= 0.3 is 0 Å². The van der Waals surface area contributed by atoms with Gasteiger partial charge in [0.1, 0.15) is 16.7 Å². The third kappa shape index (κ3) is 4.57. The van der Waals surface area contributed by atoms with Crippen LogP contribution in [0.15, 0.2) is 179 Å². The van der Waals surface area contributed by atoms with Gasteiger partial charge in [-0.2, -0.15) is 0 Å². The summed E-state index contributed by atoms with van der Waals surface area (Å²) in [5.41, 5.74) is 9.44. The van der Waals surface area contributed by atoms with E-state index in [1.54, 1.807) is 0 Å². The summed E-state index contributed by atoms with van der Waals surface area (Å²) in [5.74, 6) is 0.593. The number of furan rings is 1. The standard InChI is InChI=1S/C45H28N2O2/c1-3-11-29(12-4-1)32-16-9-17-34(25-32)47(35-23-24-37-33(26-35)22-21-30-13-7-8-18-36(30)37)40-19-10-20-41-44(40)38-27-43-39(28-42(38)48-41)46-45(49-43)31-14-5-2-6-15-31/h1-28H. The van der Waals surface area contributed by atoms with E-state index in [1.165, 1.54) is 27.1 Å². The molecule has 49 heavy (non-hydrogen) atoms. The Hall–Kier alpha value is -6.65. The fraction of sp³-hybridized carbons (Fsp3) is 0. The summed E-state index contributed by atoms with van der Waals surface area (Å²) in [4.78, 5) is 7.15. The first-order chi connectivity index (χ1) is 24.3. The number of oxazole rings is 1. The Morgan fingerprint density at radius 3 is 2.00 bits per heavy atom. The molecule has 0 fully saturated rings. The largest absolute Gasteiger partial charge is 0.456 e. The van der Waals surface area contributed by atoms with Crippen molar-refractivity contribution >= 4 is 71.6 Å². The van der Waals surface area contributed by atoms with E-state index in [0.29, 0.717) is 5.89 Å². The smallest absolute Gasteiger partial charge is 0.227 e. The topological polar surface area (TPSA) is 42.4 Å². The highest BCUT2D eigenvalue weighted by Crippen LogP contribution is 2.45. The van der Waals surface area contributed by atoms with Crippen LogP contribution < -0.4 is 4.90 Å². The van der Waals surface area contributed by atoms with Gasteiger partial charge in [-0.25, -0.2) is 4.98 Å². The molecule has 0 aliphatic rings. The maximum atomic E-state index is 6.54. The van der Waals surface area contributed by atoms with Crippen LogP contribution in [0.5, 0.6) is 0 Å². The average molecular weight is 629 g/mol. The van der Waals surface area contributed by atoms with Gasteiger partial charge in [0.2, 0.25) is 5.89 Å². The van der Waals surface area contributed by atoms with Gasteiger partial charge in [0.15, 0.2) is 5.58 Å². The van der Waals surface area contributed by atoms with Gasteiger partial charge in [0.05, 0.1) is 11.1 Å². The minimum atomic E-state index is 0.593. The van der Waals surface area contributed by atoms with Crippen LogP contribution in [0.3, 0.4) is 0 Å². The van der Waals surface area contributed by atoms with Crippen molar-refractivity contribution in [3.63, 3.8) is 0 Å². The average Bonchev–Trinajstić information content (AvgIpc) is 3.75. The van der Waals surface area contributed by atoms with Crippen molar-refractivity contribution in [3.8, 4) is 22.6 Å². The van der Waals surface area contributed by atoms with Crippen LogP contribution in [0.25, 0.3) is 77.2 Å². The Morgan fingerprint density at radius 1 is 0.408 bits per heavy atom. The minimum Gasteiger partial charge on any atom is -0.456 e. The number of nitrogens with zero attached hydrogens (tertiary/aromatic N) is 2. The fourth-order valence-corrected chi connectivity index (χ4v) is 7.14. The summed E-state index contributed by atoms with van der Waals surface area (Å²) >= 11 is 0. The van der Waals surface area contributed by atoms with Crippen LogP contribution in [-0.4, -0.2) is 4.98 Å². The molecule has 0 aliphatic heterocycles. The molecule has 0 bridgehead atoms. The monoisotopic (exact) mass is 628 g/mol. The summed E-state index contributed by atoms with van der Waals surface area (Å²) in [6, 6.07) is 59.4. The van der Waals surface area contributed by atoms with Crippen LogP contribution in [0.2, 0.25) is 0 Å². The molecule has 0 saturated heterocycles. The molecule has 0 atom stereocenters. The van der Waals surface area contributed by atoms with E-state index in [1.807, 2.05) is 42.5 Å². The van der Waals surface area contributed by atoms with Gasteiger partial charge in [-0.05, 0) is 87.3 Å². The van der Waals surface area contributed by atoms with E-state index in [-0.39, 0.29) is 0 Å². The molecular weight excluding hydrogens is 601 g/mol. The second-order valence-corrected chi connectivity index (χ2v) is 12.4. The SMILES string of the molecule is c1ccc(-c2cccc(N(c3ccc4c(ccc5ccccc54)c3)c3cccc4oc5cc6nc(-c7ccccc7)oc6cc5c34)c2)cc1. The summed E-state index contributed by atoms with van der Waals surface area (Å²) in [5, 5.41) is 6.89. The first-order valence-corrected chi connectivity index (χ1v) is 16.5. The zero-order valence-electron chi connectivity index (χ0n) is 26.4. The highest BCUT2D eigenvalue weighted by atomic mass is 16.4. The number of aromatic nitrogens is 1. The Balaban J connectivity index is 1.21. The van der Waals surface area contributed by atoms with E-state index in [2.05, 4.69) is 132 Å². The zero-order valence-corrected chi connectivity index (χ0v) is 26.4. The Kier molecular flexibility index (Phi) is 6.15. The highest BCUT2D eigenvalue weighted by molar-refractivity contribution is 6.16. The lowest BCUT2D eigenvalue weighted by Crippen LogP contribution is -2.10. The molecule has 2 heterocycles. The number of hydrogen-bond acceptors (Lipinski definition) is 4. The number of fused-ring (bicyclic) bond motifs is 7. The Labute approximate surface area is 282 Å². The van der Waals surface area contributed by atoms with Crippen molar-refractivity contribution in [3.05, 3.63) is 170 Å². The molecule has 4 heteroatoms. The summed E-state index contributed by atoms with van der Waals surface area (Å²) < 4.78 is 12.9. The van der Waals surface area contributed by atoms with E-state index >= 15 is 0 Å². The van der Waals surface area contributed by atoms with E-state index in [9.17, 15) is 0 Å². The predicted molar refractivity (Wildman–Crippen MR) is 202 cm³/mol. The predicted octanol–water partition coefficient (Wildman–Crippen LogP) is 12.8. The van der Waals surface area contributed by atoms with Gasteiger partial charge in [-0.15, -0.1) is 0 Å². The molecule has 0 saturated carbocycles. The lowest BCUT2D eigenvalue weighted by atomic mass is 10.00. The number of hydrogen-bond donors (Lipinski definition) is 0. The van der Waals surface area contributed by atoms with Gasteiger partial charge < -0.3 is 13.7 Å². The maximum absolute atomic E-state index is 6.54. The summed E-state index contributed by atoms with van der Waals surface area (Å²) in [6.07, 6.45) is 0. The molecule has 0 N–H and O–H groups in total. The van der Waals surface area contributed by atoms with Crippen molar-refractivity contribution in [2.24, 2.45) is 0 Å². The molecule has 2 aromatic heterocycles. The molecule has 0 amide bonds. The third-order valence-corrected chi connectivity index (χ3v) is 9.44. The molecule has 0 spiro atoms. The van der Waals surface area contributed by atoms with Crippen molar-refractivity contribution in [1.29, 1.82) is 0 Å². The molecule has 10 aromatic rings. The van der Waals surface area contributed by atoms with Gasteiger partial charge in [-0.1, -0.05) is 109 Å². The van der Waals surface area contributed by atoms with Gasteiger partial charge in [-0.3, -0.25) is 0 Å². The van der Waals surface area contributed by atoms with E-state index < -0.39 is 0 Å². The van der Waals surface area contributed by atoms with Crippen LogP contribution >= 0.6 is 0 Å². The normalized spacial score (nSPS) is 11.7. The maximum Gasteiger partial charge on any atom is 0.227 e. The zero-order chi connectivity index (χ0) is 32.3. The first kappa shape index (κ1) is 27.5. The quantitative estimate of drug-likeness (QED) is 0.178. The molecule has 4 nitrogen and oxygen atoms in total. The second kappa shape index (κ2) is 11.0. The Bertz CT molecular complexity index is 2830. The first-order valence-electron chi connectivity index (χ1n) is 16.5. The molecule has 10 rings (SSSR count). The highest BCUT2D eigenvalue weighted by Gasteiger charge is 2.22. The fourth-order valence-electron chi connectivity index (χ4n) is 7.14.